The molecule has 0 amide bonds. The minimum atomic E-state index is -0.768. The number of carbonyl (C=O) groups is 1. The van der Waals surface area contributed by atoms with Gasteiger partial charge in [-0.25, -0.2) is 0 Å². The van der Waals surface area contributed by atoms with Crippen LogP contribution in [0.3, 0.4) is 0 Å². The van der Waals surface area contributed by atoms with Crippen LogP contribution < -0.4 is 5.32 Å². The van der Waals surface area contributed by atoms with Gasteiger partial charge in [-0.05, 0) is 31.8 Å². The first-order chi connectivity index (χ1) is 7.08. The van der Waals surface area contributed by atoms with Crippen LogP contribution >= 0.6 is 0 Å². The van der Waals surface area contributed by atoms with Crippen molar-refractivity contribution in [3.63, 3.8) is 0 Å². The van der Waals surface area contributed by atoms with E-state index in [1.54, 1.807) is 0 Å². The summed E-state index contributed by atoms with van der Waals surface area (Å²) in [7, 11) is 0. The first-order valence-corrected chi connectivity index (χ1v) is 5.75. The molecule has 0 aromatic rings. The smallest absolute Gasteiger partial charge is 0.317 e. The lowest BCUT2D eigenvalue weighted by atomic mass is 10.1. The van der Waals surface area contributed by atoms with Crippen molar-refractivity contribution in [2.75, 3.05) is 26.2 Å². The molecule has 4 nitrogen and oxygen atoms in total. The highest BCUT2D eigenvalue weighted by Gasteiger charge is 2.21. The summed E-state index contributed by atoms with van der Waals surface area (Å²) < 4.78 is 0. The standard InChI is InChI=1S/C11H22N2O2/c1-9(2)3-5-13-6-4-10(8-13)12-7-11(14)15/h9-10,12H,3-8H2,1-2H3,(H,14,15). The zero-order chi connectivity index (χ0) is 11.3. The quantitative estimate of drug-likeness (QED) is 0.686. The summed E-state index contributed by atoms with van der Waals surface area (Å²) in [5.41, 5.74) is 0. The van der Waals surface area contributed by atoms with Gasteiger partial charge in [0.25, 0.3) is 0 Å². The molecule has 0 bridgehead atoms. The highest BCUT2D eigenvalue weighted by molar-refractivity contribution is 5.69. The van der Waals surface area contributed by atoms with Crippen molar-refractivity contribution in [1.29, 1.82) is 0 Å². The molecule has 2 N–H and O–H groups in total. The maximum Gasteiger partial charge on any atom is 0.317 e. The normalized spacial score (nSPS) is 22.5. The number of hydrogen-bond acceptors (Lipinski definition) is 3. The van der Waals surface area contributed by atoms with E-state index >= 15 is 0 Å². The van der Waals surface area contributed by atoms with Gasteiger partial charge < -0.3 is 15.3 Å². The Morgan fingerprint density at radius 1 is 1.60 bits per heavy atom. The van der Waals surface area contributed by atoms with Crippen molar-refractivity contribution < 1.29 is 9.90 Å². The number of nitrogens with zero attached hydrogens (tertiary/aromatic N) is 1. The molecule has 0 aromatic carbocycles. The topological polar surface area (TPSA) is 52.6 Å². The number of aliphatic carboxylic acids is 1. The Morgan fingerprint density at radius 2 is 2.33 bits per heavy atom. The summed E-state index contributed by atoms with van der Waals surface area (Å²) in [6.07, 6.45) is 2.30. The van der Waals surface area contributed by atoms with E-state index in [1.807, 2.05) is 0 Å². The second-order valence-corrected chi connectivity index (χ2v) is 4.74. The van der Waals surface area contributed by atoms with Crippen molar-refractivity contribution in [1.82, 2.24) is 10.2 Å². The van der Waals surface area contributed by atoms with E-state index in [1.165, 1.54) is 6.42 Å². The van der Waals surface area contributed by atoms with Gasteiger partial charge in [-0.2, -0.15) is 0 Å². The van der Waals surface area contributed by atoms with E-state index in [0.29, 0.717) is 6.04 Å². The number of likely N-dealkylation sites (tertiary alicyclic amines) is 1. The molecule has 0 aromatic heterocycles. The van der Waals surface area contributed by atoms with Crippen molar-refractivity contribution in [2.24, 2.45) is 5.92 Å². The Kier molecular flexibility index (Phi) is 5.05. The molecule has 88 valence electrons. The Morgan fingerprint density at radius 3 is 2.93 bits per heavy atom. The molecule has 1 aliphatic rings. The Labute approximate surface area is 91.6 Å². The SMILES string of the molecule is CC(C)CCN1CCC(NCC(=O)O)C1. The van der Waals surface area contributed by atoms with E-state index in [0.717, 1.165) is 32.0 Å². The van der Waals surface area contributed by atoms with Crippen molar-refractivity contribution in [3.05, 3.63) is 0 Å². The molecule has 1 unspecified atom stereocenters. The first-order valence-electron chi connectivity index (χ1n) is 5.75. The molecule has 1 saturated heterocycles. The predicted octanol–water partition coefficient (Wildman–Crippen LogP) is 0.781. The summed E-state index contributed by atoms with van der Waals surface area (Å²) in [4.78, 5) is 12.8. The van der Waals surface area contributed by atoms with Gasteiger partial charge in [-0.15, -0.1) is 0 Å². The van der Waals surface area contributed by atoms with Crippen LogP contribution in [0.5, 0.6) is 0 Å². The van der Waals surface area contributed by atoms with Gasteiger partial charge in [0, 0.05) is 12.6 Å². The highest BCUT2D eigenvalue weighted by atomic mass is 16.4. The number of rotatable bonds is 6. The molecule has 1 aliphatic heterocycles. The molecular weight excluding hydrogens is 192 g/mol. The molecule has 0 aliphatic carbocycles. The zero-order valence-corrected chi connectivity index (χ0v) is 9.70. The lowest BCUT2D eigenvalue weighted by Gasteiger charge is -2.17. The number of hydrogen-bond donors (Lipinski definition) is 2. The van der Waals surface area contributed by atoms with Crippen LogP contribution in [-0.4, -0.2) is 48.2 Å². The van der Waals surface area contributed by atoms with Gasteiger partial charge in [0.2, 0.25) is 0 Å². The number of carboxylic acid groups (broad SMARTS) is 1. The molecule has 1 rings (SSSR count). The minimum absolute atomic E-state index is 0.0860. The van der Waals surface area contributed by atoms with Gasteiger partial charge in [-0.3, -0.25) is 4.79 Å². The molecule has 15 heavy (non-hydrogen) atoms. The van der Waals surface area contributed by atoms with Crippen LogP contribution in [0.1, 0.15) is 26.7 Å². The lowest BCUT2D eigenvalue weighted by Crippen LogP contribution is -2.36. The van der Waals surface area contributed by atoms with E-state index < -0.39 is 5.97 Å². The second kappa shape index (κ2) is 6.08. The van der Waals surface area contributed by atoms with Gasteiger partial charge in [0.1, 0.15) is 0 Å². The Bertz CT molecular complexity index is 207. The fraction of sp³-hybridized carbons (Fsp3) is 0.909. The first kappa shape index (κ1) is 12.5. The van der Waals surface area contributed by atoms with E-state index in [2.05, 4.69) is 24.1 Å². The predicted molar refractivity (Wildman–Crippen MR) is 59.9 cm³/mol. The minimum Gasteiger partial charge on any atom is -0.480 e. The van der Waals surface area contributed by atoms with Crippen molar-refractivity contribution in [3.8, 4) is 0 Å². The zero-order valence-electron chi connectivity index (χ0n) is 9.70. The fourth-order valence-corrected chi connectivity index (χ4v) is 1.87. The van der Waals surface area contributed by atoms with E-state index in [4.69, 9.17) is 5.11 Å². The summed E-state index contributed by atoms with van der Waals surface area (Å²) in [5.74, 6) is -0.0216. The molecule has 1 heterocycles. The maximum atomic E-state index is 10.4. The van der Waals surface area contributed by atoms with Crippen LogP contribution in [0.2, 0.25) is 0 Å². The average Bonchev–Trinajstić information content (AvgIpc) is 2.59. The molecule has 0 saturated carbocycles. The number of carboxylic acids is 1. The molecule has 0 radical (unpaired) electrons. The lowest BCUT2D eigenvalue weighted by molar-refractivity contribution is -0.136. The van der Waals surface area contributed by atoms with Crippen molar-refractivity contribution in [2.45, 2.75) is 32.7 Å². The van der Waals surface area contributed by atoms with E-state index in [-0.39, 0.29) is 6.54 Å². The van der Waals surface area contributed by atoms with Crippen molar-refractivity contribution >= 4 is 5.97 Å². The Balaban J connectivity index is 2.12. The third-order valence-electron chi connectivity index (χ3n) is 2.84. The molecule has 0 spiro atoms. The van der Waals surface area contributed by atoms with Gasteiger partial charge in [0.15, 0.2) is 0 Å². The third kappa shape index (κ3) is 5.14. The molecular formula is C11H22N2O2. The third-order valence-corrected chi connectivity index (χ3v) is 2.84. The fourth-order valence-electron chi connectivity index (χ4n) is 1.87. The summed E-state index contributed by atoms with van der Waals surface area (Å²) in [6.45, 7) is 7.79. The summed E-state index contributed by atoms with van der Waals surface area (Å²) in [5, 5.41) is 11.6. The van der Waals surface area contributed by atoms with E-state index in [9.17, 15) is 4.79 Å². The van der Waals surface area contributed by atoms with Crippen LogP contribution in [0.15, 0.2) is 0 Å². The Hall–Kier alpha value is -0.610. The largest absolute Gasteiger partial charge is 0.480 e. The maximum absolute atomic E-state index is 10.4. The van der Waals surface area contributed by atoms with Crippen LogP contribution in [0.4, 0.5) is 0 Å². The highest BCUT2D eigenvalue weighted by Crippen LogP contribution is 2.11. The molecule has 1 atom stereocenters. The van der Waals surface area contributed by atoms with Gasteiger partial charge in [-0.1, -0.05) is 13.8 Å². The summed E-state index contributed by atoms with van der Waals surface area (Å²) >= 11 is 0. The molecule has 1 fully saturated rings. The number of nitrogens with one attached hydrogen (secondary N) is 1. The average molecular weight is 214 g/mol. The molecule has 4 heteroatoms. The van der Waals surface area contributed by atoms with Crippen LogP contribution in [0, 0.1) is 5.92 Å². The summed E-state index contributed by atoms with van der Waals surface area (Å²) in [6, 6.07) is 0.369. The van der Waals surface area contributed by atoms with Crippen LogP contribution in [-0.2, 0) is 4.79 Å². The van der Waals surface area contributed by atoms with Gasteiger partial charge in [0.05, 0.1) is 6.54 Å². The monoisotopic (exact) mass is 214 g/mol. The van der Waals surface area contributed by atoms with Gasteiger partial charge >= 0.3 is 5.97 Å². The second-order valence-electron chi connectivity index (χ2n) is 4.74. The van der Waals surface area contributed by atoms with Crippen LogP contribution in [0.25, 0.3) is 0 Å².